The van der Waals surface area contributed by atoms with E-state index in [1.165, 1.54) is 5.56 Å². The van der Waals surface area contributed by atoms with Crippen LogP contribution in [0.4, 0.5) is 0 Å². The average molecular weight is 711 g/mol. The molecule has 0 atom stereocenters. The molecule has 0 aliphatic carbocycles. The van der Waals surface area contributed by atoms with Crippen LogP contribution < -0.4 is 14.9 Å². The molecule has 196 valence electrons. The monoisotopic (exact) mass is 710 g/mol. The summed E-state index contributed by atoms with van der Waals surface area (Å²) in [5.41, 5.74) is 5.85. The number of aryl methyl sites for hydroxylation is 1. The molecule has 0 spiro atoms. The largest absolute Gasteiger partial charge is 2.00 e. The van der Waals surface area contributed by atoms with Crippen LogP contribution in [0.15, 0.2) is 89.8 Å². The summed E-state index contributed by atoms with van der Waals surface area (Å²) >= 11 is 1.67. The maximum atomic E-state index is 6.19. The topological polar surface area (TPSA) is 49.2 Å². The SMILES string of the molecule is Cn1nnc(-c2[c-]c(Oc3[c-]c(B4Oc5ccccc5S4)ccc3)ccc2)c1-c1ccc(C(C)(C)C)cc1.[Pt+2]. The zero-order chi connectivity index (χ0) is 26.3. The Kier molecular flexibility index (Phi) is 7.75. The second-order valence-electron chi connectivity index (χ2n) is 10.3. The van der Waals surface area contributed by atoms with Crippen LogP contribution in [-0.4, -0.2) is 21.2 Å². The number of fused-ring (bicyclic) bond motifs is 1. The van der Waals surface area contributed by atoms with Crippen molar-refractivity contribution in [3.8, 4) is 39.8 Å². The Hall–Kier alpha value is -3.28. The number of benzene rings is 4. The molecule has 6 rings (SSSR count). The van der Waals surface area contributed by atoms with Crippen LogP contribution in [0.2, 0.25) is 0 Å². The van der Waals surface area contributed by atoms with E-state index in [0.717, 1.165) is 38.6 Å². The van der Waals surface area contributed by atoms with Crippen LogP contribution in [0, 0.1) is 12.1 Å². The van der Waals surface area contributed by atoms with Gasteiger partial charge in [-0.1, -0.05) is 68.4 Å². The van der Waals surface area contributed by atoms with E-state index in [4.69, 9.17) is 9.39 Å². The summed E-state index contributed by atoms with van der Waals surface area (Å²) in [5.74, 6) is 2.09. The molecule has 1 aliphatic heterocycles. The third-order valence-electron chi connectivity index (χ3n) is 6.46. The molecule has 39 heavy (non-hydrogen) atoms. The van der Waals surface area contributed by atoms with Crippen molar-refractivity contribution in [1.82, 2.24) is 15.0 Å². The number of hydrogen-bond donors (Lipinski definition) is 0. The fraction of sp³-hybridized carbons (Fsp3) is 0.161. The predicted molar refractivity (Wildman–Crippen MR) is 153 cm³/mol. The molecule has 8 heteroatoms. The smallest absolute Gasteiger partial charge is 0.547 e. The van der Waals surface area contributed by atoms with E-state index in [2.05, 4.69) is 73.5 Å². The van der Waals surface area contributed by atoms with Crippen molar-refractivity contribution in [3.05, 3.63) is 103 Å². The molecular formula is C31H26BN3O2PtS. The van der Waals surface area contributed by atoms with Gasteiger partial charge in [0.2, 0.25) is 0 Å². The van der Waals surface area contributed by atoms with E-state index in [0.29, 0.717) is 11.5 Å². The zero-order valence-electron chi connectivity index (χ0n) is 22.0. The van der Waals surface area contributed by atoms with Crippen LogP contribution >= 0.6 is 11.6 Å². The van der Waals surface area contributed by atoms with E-state index in [9.17, 15) is 0 Å². The third-order valence-corrected chi connectivity index (χ3v) is 7.61. The Morgan fingerprint density at radius 3 is 2.33 bits per heavy atom. The molecule has 0 N–H and O–H groups in total. The van der Waals surface area contributed by atoms with Crippen molar-refractivity contribution in [2.24, 2.45) is 7.05 Å². The first-order chi connectivity index (χ1) is 18.3. The number of ether oxygens (including phenoxy) is 1. The van der Waals surface area contributed by atoms with Crippen LogP contribution in [0.25, 0.3) is 22.5 Å². The van der Waals surface area contributed by atoms with Gasteiger partial charge >= 0.3 is 27.3 Å². The second kappa shape index (κ2) is 11.1. The fourth-order valence-electron chi connectivity index (χ4n) is 4.44. The van der Waals surface area contributed by atoms with Gasteiger partial charge in [-0.15, -0.1) is 53.0 Å². The van der Waals surface area contributed by atoms with Crippen LogP contribution in [0.5, 0.6) is 17.2 Å². The Morgan fingerprint density at radius 1 is 0.872 bits per heavy atom. The number of rotatable bonds is 5. The third kappa shape index (κ3) is 5.71. The van der Waals surface area contributed by atoms with Gasteiger partial charge in [0.1, 0.15) is 5.75 Å². The second-order valence-corrected chi connectivity index (χ2v) is 11.4. The van der Waals surface area contributed by atoms with E-state index in [1.54, 1.807) is 16.3 Å². The number of para-hydroxylation sites is 1. The van der Waals surface area contributed by atoms with Crippen LogP contribution in [-0.2, 0) is 33.5 Å². The van der Waals surface area contributed by atoms with Crippen molar-refractivity contribution in [3.63, 3.8) is 0 Å². The predicted octanol–water partition coefficient (Wildman–Crippen LogP) is 6.72. The van der Waals surface area contributed by atoms with Gasteiger partial charge in [-0.25, -0.2) is 0 Å². The Labute approximate surface area is 248 Å². The molecule has 1 aromatic heterocycles. The molecule has 1 aliphatic rings. The summed E-state index contributed by atoms with van der Waals surface area (Å²) in [6.07, 6.45) is -0.155. The summed E-state index contributed by atoms with van der Waals surface area (Å²) in [7, 11) is 1.91. The summed E-state index contributed by atoms with van der Waals surface area (Å²) in [4.78, 5) is 1.13. The maximum Gasteiger partial charge on any atom is 2.00 e. The van der Waals surface area contributed by atoms with Gasteiger partial charge in [0.05, 0.1) is 5.69 Å². The molecule has 0 amide bonds. The Bertz CT molecular complexity index is 1590. The van der Waals surface area contributed by atoms with E-state index in [1.807, 2.05) is 61.6 Å². The Morgan fingerprint density at radius 2 is 1.59 bits per heavy atom. The minimum Gasteiger partial charge on any atom is -0.547 e. The Balaban J connectivity index is 0.00000308. The standard InChI is InChI=1S/C31H26BN3O2S.Pt/c1-31(2,3)23-17-15-21(16-18-23)30-29(33-34-35(30)4)22-9-7-11-25(19-22)36-26-12-8-10-24(20-26)32-37-27-13-5-6-14-28(27)38-32;/h5-18H,1-4H3;/q-2;+2. The maximum absolute atomic E-state index is 6.19. The van der Waals surface area contributed by atoms with Crippen LogP contribution in [0.3, 0.4) is 0 Å². The molecule has 5 nitrogen and oxygen atoms in total. The molecule has 0 radical (unpaired) electrons. The van der Waals surface area contributed by atoms with Crippen molar-refractivity contribution >= 4 is 23.3 Å². The molecule has 0 saturated carbocycles. The summed E-state index contributed by atoms with van der Waals surface area (Å²) in [5, 5.41) is 8.78. The summed E-state index contributed by atoms with van der Waals surface area (Å²) in [6.45, 7) is 6.64. The van der Waals surface area contributed by atoms with Gasteiger partial charge in [-0.05, 0) is 28.7 Å². The first kappa shape index (κ1) is 27.3. The van der Waals surface area contributed by atoms with E-state index >= 15 is 0 Å². The molecular weight excluding hydrogens is 684 g/mol. The first-order valence-electron chi connectivity index (χ1n) is 12.5. The molecule has 5 aromatic rings. The molecule has 0 saturated heterocycles. The van der Waals surface area contributed by atoms with Gasteiger partial charge in [-0.3, -0.25) is 4.68 Å². The average Bonchev–Trinajstić information content (AvgIpc) is 3.52. The normalized spacial score (nSPS) is 12.5. The number of aromatic nitrogens is 3. The minimum absolute atomic E-state index is 0. The molecule has 4 aromatic carbocycles. The van der Waals surface area contributed by atoms with Crippen molar-refractivity contribution in [2.45, 2.75) is 31.1 Å². The molecule has 0 unspecified atom stereocenters. The molecule has 2 heterocycles. The number of nitrogens with zero attached hydrogens (tertiary/aromatic N) is 3. The summed E-state index contributed by atoms with van der Waals surface area (Å²) in [6, 6.07) is 35.1. The summed E-state index contributed by atoms with van der Waals surface area (Å²) < 4.78 is 14.1. The first-order valence-corrected chi connectivity index (χ1v) is 13.4. The van der Waals surface area contributed by atoms with Gasteiger partial charge < -0.3 is 9.39 Å². The molecule has 0 fully saturated rings. The van der Waals surface area contributed by atoms with Crippen LogP contribution in [0.1, 0.15) is 26.3 Å². The van der Waals surface area contributed by atoms with Gasteiger partial charge in [0, 0.05) is 29.1 Å². The molecule has 0 bridgehead atoms. The van der Waals surface area contributed by atoms with Crippen molar-refractivity contribution in [1.29, 1.82) is 0 Å². The fourth-order valence-corrected chi connectivity index (χ4v) is 5.48. The van der Waals surface area contributed by atoms with Crippen molar-refractivity contribution < 1.29 is 30.5 Å². The number of hydrogen-bond acceptors (Lipinski definition) is 5. The van der Waals surface area contributed by atoms with Gasteiger partial charge in [0.15, 0.2) is 0 Å². The van der Waals surface area contributed by atoms with E-state index < -0.39 is 0 Å². The van der Waals surface area contributed by atoms with Crippen molar-refractivity contribution in [2.75, 3.05) is 0 Å². The zero-order valence-corrected chi connectivity index (χ0v) is 25.1. The quantitative estimate of drug-likeness (QED) is 0.150. The minimum atomic E-state index is -0.155. The van der Waals surface area contributed by atoms with Gasteiger partial charge in [0.25, 0.3) is 0 Å². The van der Waals surface area contributed by atoms with Gasteiger partial charge in [-0.2, -0.15) is 17.2 Å². The van der Waals surface area contributed by atoms with E-state index in [-0.39, 0.29) is 32.7 Å².